The van der Waals surface area contributed by atoms with Crippen LogP contribution in [0.1, 0.15) is 25.0 Å². The molecule has 2 aliphatic heterocycles. The lowest BCUT2D eigenvalue weighted by atomic mass is 9.79. The number of carbonyl (C=O) groups excluding carboxylic acids is 1. The Balaban J connectivity index is 0.00000196. The summed E-state index contributed by atoms with van der Waals surface area (Å²) in [5.41, 5.74) is 1.99. The van der Waals surface area contributed by atoms with Gasteiger partial charge in [-0.15, -0.1) is 24.0 Å². The number of hydrogen-bond donors (Lipinski definition) is 2. The first-order valence-electron chi connectivity index (χ1n) is 8.82. The van der Waals surface area contributed by atoms with Crippen molar-refractivity contribution in [1.29, 1.82) is 0 Å². The third-order valence-corrected chi connectivity index (χ3v) is 5.21. The molecule has 1 spiro atoms. The Kier molecular flexibility index (Phi) is 5.69. The van der Waals surface area contributed by atoms with E-state index in [1.165, 1.54) is 0 Å². The van der Waals surface area contributed by atoms with Gasteiger partial charge in [-0.05, 0) is 25.0 Å². The highest BCUT2D eigenvalue weighted by atomic mass is 127. The van der Waals surface area contributed by atoms with Crippen molar-refractivity contribution < 1.29 is 4.79 Å². The van der Waals surface area contributed by atoms with Crippen LogP contribution in [0.25, 0.3) is 5.65 Å². The molecule has 2 aromatic heterocycles. The van der Waals surface area contributed by atoms with Gasteiger partial charge in [0.2, 0.25) is 5.91 Å². The molecule has 4 heterocycles. The van der Waals surface area contributed by atoms with Crippen LogP contribution in [-0.4, -0.2) is 52.8 Å². The number of imidazole rings is 1. The van der Waals surface area contributed by atoms with Crippen molar-refractivity contribution in [2.24, 2.45) is 10.4 Å². The van der Waals surface area contributed by atoms with Gasteiger partial charge in [-0.1, -0.05) is 6.07 Å². The molecule has 1 atom stereocenters. The highest BCUT2D eigenvalue weighted by Crippen LogP contribution is 2.35. The first-order chi connectivity index (χ1) is 12.2. The zero-order valence-corrected chi connectivity index (χ0v) is 17.3. The highest BCUT2D eigenvalue weighted by molar-refractivity contribution is 14.0. The molecule has 140 valence electrons. The summed E-state index contributed by atoms with van der Waals surface area (Å²) >= 11 is 0. The van der Waals surface area contributed by atoms with Crippen molar-refractivity contribution in [2.75, 3.05) is 26.7 Å². The first kappa shape index (κ1) is 18.9. The molecular weight excluding hydrogens is 443 g/mol. The number of piperidine rings is 1. The molecule has 0 bridgehead atoms. The van der Waals surface area contributed by atoms with Gasteiger partial charge in [0.25, 0.3) is 0 Å². The molecule has 2 saturated heterocycles. The third-order valence-electron chi connectivity index (χ3n) is 5.21. The Labute approximate surface area is 170 Å². The molecule has 0 aliphatic carbocycles. The van der Waals surface area contributed by atoms with Crippen molar-refractivity contribution >= 4 is 41.5 Å². The summed E-state index contributed by atoms with van der Waals surface area (Å²) in [4.78, 5) is 23.0. The predicted octanol–water partition coefficient (Wildman–Crippen LogP) is 1.63. The smallest absolute Gasteiger partial charge is 0.220 e. The van der Waals surface area contributed by atoms with Crippen molar-refractivity contribution in [3.63, 3.8) is 0 Å². The van der Waals surface area contributed by atoms with Crippen LogP contribution in [0.2, 0.25) is 0 Å². The summed E-state index contributed by atoms with van der Waals surface area (Å²) in [5, 5.41) is 6.42. The molecule has 4 rings (SSSR count). The number of likely N-dealkylation sites (tertiary alicyclic amines) is 1. The van der Waals surface area contributed by atoms with Gasteiger partial charge in [-0.2, -0.15) is 0 Å². The van der Waals surface area contributed by atoms with E-state index < -0.39 is 0 Å². The number of aliphatic imine (C=N–C) groups is 1. The number of nitrogens with zero attached hydrogens (tertiary/aromatic N) is 4. The summed E-state index contributed by atoms with van der Waals surface area (Å²) in [5.74, 6) is 1.06. The predicted molar refractivity (Wildman–Crippen MR) is 112 cm³/mol. The fourth-order valence-corrected chi connectivity index (χ4v) is 4.00. The topological polar surface area (TPSA) is 74.0 Å². The number of guanidine groups is 1. The molecule has 7 nitrogen and oxygen atoms in total. The number of aromatic nitrogens is 2. The van der Waals surface area contributed by atoms with E-state index >= 15 is 0 Å². The average molecular weight is 468 g/mol. The minimum absolute atomic E-state index is 0. The lowest BCUT2D eigenvalue weighted by Gasteiger charge is -2.40. The molecule has 0 saturated carbocycles. The molecule has 8 heteroatoms. The lowest BCUT2D eigenvalue weighted by Crippen LogP contribution is -2.51. The Bertz CT molecular complexity index is 786. The number of carbonyl (C=O) groups is 1. The fourth-order valence-electron chi connectivity index (χ4n) is 4.00. The minimum atomic E-state index is 0. The van der Waals surface area contributed by atoms with Gasteiger partial charge in [0.15, 0.2) is 5.96 Å². The SMILES string of the molecule is CN=C(NCc1cn2ccccc2n1)N1CCCC2(CNC(=O)C2)C1.I. The van der Waals surface area contributed by atoms with Gasteiger partial charge in [-0.25, -0.2) is 4.98 Å². The molecule has 2 aromatic rings. The first-order valence-corrected chi connectivity index (χ1v) is 8.82. The van der Waals surface area contributed by atoms with E-state index in [1.54, 1.807) is 0 Å². The van der Waals surface area contributed by atoms with Gasteiger partial charge < -0.3 is 19.9 Å². The maximum Gasteiger partial charge on any atom is 0.220 e. The molecule has 0 radical (unpaired) electrons. The molecule has 2 N–H and O–H groups in total. The van der Waals surface area contributed by atoms with Crippen LogP contribution < -0.4 is 10.6 Å². The molecule has 1 unspecified atom stereocenters. The molecule has 26 heavy (non-hydrogen) atoms. The van der Waals surface area contributed by atoms with E-state index in [0.717, 1.165) is 49.8 Å². The average Bonchev–Trinajstić information content (AvgIpc) is 3.19. The number of rotatable bonds is 2. The second kappa shape index (κ2) is 7.81. The van der Waals surface area contributed by atoms with Crippen molar-refractivity contribution in [3.8, 4) is 0 Å². The molecule has 1 amide bonds. The number of hydrogen-bond acceptors (Lipinski definition) is 3. The zero-order valence-electron chi connectivity index (χ0n) is 14.9. The van der Waals surface area contributed by atoms with Crippen LogP contribution in [-0.2, 0) is 11.3 Å². The summed E-state index contributed by atoms with van der Waals surface area (Å²) < 4.78 is 2.02. The monoisotopic (exact) mass is 468 g/mol. The Morgan fingerprint density at radius 2 is 2.35 bits per heavy atom. The fraction of sp³-hybridized carbons (Fsp3) is 0.500. The van der Waals surface area contributed by atoms with Crippen molar-refractivity contribution in [1.82, 2.24) is 24.9 Å². The maximum absolute atomic E-state index is 11.7. The summed E-state index contributed by atoms with van der Waals surface area (Å²) in [6, 6.07) is 5.98. The van der Waals surface area contributed by atoms with Gasteiger partial charge in [0, 0.05) is 50.9 Å². The van der Waals surface area contributed by atoms with E-state index in [4.69, 9.17) is 0 Å². The number of fused-ring (bicyclic) bond motifs is 1. The second-order valence-electron chi connectivity index (χ2n) is 7.08. The van der Waals surface area contributed by atoms with E-state index in [2.05, 4.69) is 25.5 Å². The number of amides is 1. The van der Waals surface area contributed by atoms with Gasteiger partial charge in [-0.3, -0.25) is 9.79 Å². The molecule has 2 fully saturated rings. The standard InChI is InChI=1S/C18H24N6O.HI/c1-19-17(20-10-14-11-23-7-3-2-5-15(23)22-14)24-8-4-6-18(13-24)9-16(25)21-12-18;/h2-3,5,7,11H,4,6,8-10,12-13H2,1H3,(H,19,20)(H,21,25);1H. The molecular formula is C18H25IN6O. The van der Waals surface area contributed by atoms with E-state index in [-0.39, 0.29) is 35.3 Å². The normalized spacial score (nSPS) is 23.2. The Hall–Kier alpha value is -1.84. The highest BCUT2D eigenvalue weighted by Gasteiger charge is 2.42. The van der Waals surface area contributed by atoms with Gasteiger partial charge >= 0.3 is 0 Å². The second-order valence-corrected chi connectivity index (χ2v) is 7.08. The Morgan fingerprint density at radius 3 is 3.08 bits per heavy atom. The lowest BCUT2D eigenvalue weighted by molar-refractivity contribution is -0.119. The van der Waals surface area contributed by atoms with E-state index in [1.807, 2.05) is 42.0 Å². The Morgan fingerprint density at radius 1 is 1.46 bits per heavy atom. The van der Waals surface area contributed by atoms with Crippen molar-refractivity contribution in [3.05, 3.63) is 36.3 Å². The van der Waals surface area contributed by atoms with Crippen LogP contribution in [0, 0.1) is 5.41 Å². The van der Waals surface area contributed by atoms with Crippen LogP contribution in [0.4, 0.5) is 0 Å². The van der Waals surface area contributed by atoms with Crippen LogP contribution >= 0.6 is 24.0 Å². The minimum Gasteiger partial charge on any atom is -0.355 e. The van der Waals surface area contributed by atoms with E-state index in [9.17, 15) is 4.79 Å². The molecule has 2 aliphatic rings. The van der Waals surface area contributed by atoms with Crippen LogP contribution in [0.15, 0.2) is 35.6 Å². The summed E-state index contributed by atoms with van der Waals surface area (Å²) in [6.07, 6.45) is 6.86. The van der Waals surface area contributed by atoms with E-state index in [0.29, 0.717) is 13.0 Å². The zero-order chi connectivity index (χ0) is 17.3. The quantitative estimate of drug-likeness (QED) is 0.399. The van der Waals surface area contributed by atoms with Crippen LogP contribution in [0.3, 0.4) is 0 Å². The third kappa shape index (κ3) is 3.79. The van der Waals surface area contributed by atoms with Crippen LogP contribution in [0.5, 0.6) is 0 Å². The largest absolute Gasteiger partial charge is 0.355 e. The van der Waals surface area contributed by atoms with Gasteiger partial charge in [0.1, 0.15) is 5.65 Å². The molecule has 0 aromatic carbocycles. The number of halogens is 1. The van der Waals surface area contributed by atoms with Crippen molar-refractivity contribution in [2.45, 2.75) is 25.8 Å². The maximum atomic E-state index is 11.7. The number of pyridine rings is 1. The summed E-state index contributed by atoms with van der Waals surface area (Å²) in [6.45, 7) is 3.26. The number of nitrogens with one attached hydrogen (secondary N) is 2. The van der Waals surface area contributed by atoms with Gasteiger partial charge in [0.05, 0.1) is 12.2 Å². The summed E-state index contributed by atoms with van der Waals surface area (Å²) in [7, 11) is 1.81.